The highest BCUT2D eigenvalue weighted by molar-refractivity contribution is 5.94. The average Bonchev–Trinajstić information content (AvgIpc) is 2.70. The molecule has 0 bridgehead atoms. The molecule has 1 saturated heterocycles. The van der Waals surface area contributed by atoms with Gasteiger partial charge in [0.15, 0.2) is 6.54 Å². The van der Waals surface area contributed by atoms with E-state index in [1.807, 2.05) is 6.07 Å². The van der Waals surface area contributed by atoms with E-state index in [-0.39, 0.29) is 24.2 Å². The molecule has 0 atom stereocenters. The van der Waals surface area contributed by atoms with E-state index in [1.54, 1.807) is 0 Å². The molecule has 1 aliphatic heterocycles. The van der Waals surface area contributed by atoms with Gasteiger partial charge in [-0.15, -0.1) is 0 Å². The van der Waals surface area contributed by atoms with Gasteiger partial charge in [0.2, 0.25) is 5.91 Å². The Labute approximate surface area is 164 Å². The van der Waals surface area contributed by atoms with Crippen molar-refractivity contribution in [1.82, 2.24) is 5.32 Å². The van der Waals surface area contributed by atoms with Gasteiger partial charge in [-0.1, -0.05) is 30.3 Å². The molecule has 1 heterocycles. The number of amides is 2. The summed E-state index contributed by atoms with van der Waals surface area (Å²) < 4.78 is 12.9. The fourth-order valence-electron chi connectivity index (χ4n) is 3.62. The van der Waals surface area contributed by atoms with Crippen LogP contribution in [-0.4, -0.2) is 38.0 Å². The van der Waals surface area contributed by atoms with Crippen molar-refractivity contribution >= 4 is 17.5 Å². The van der Waals surface area contributed by atoms with Crippen molar-refractivity contribution in [1.29, 1.82) is 0 Å². The second-order valence-corrected chi connectivity index (χ2v) is 7.39. The Morgan fingerprint density at radius 2 is 1.64 bits per heavy atom. The zero-order valence-electron chi connectivity index (χ0n) is 15.9. The van der Waals surface area contributed by atoms with Crippen LogP contribution in [0.2, 0.25) is 0 Å². The largest absolute Gasteiger partial charge is 0.342 e. The van der Waals surface area contributed by atoms with Crippen LogP contribution >= 0.6 is 0 Å². The third-order valence-electron chi connectivity index (χ3n) is 5.16. The van der Waals surface area contributed by atoms with Gasteiger partial charge in [-0.25, -0.2) is 4.39 Å². The first-order valence-electron chi connectivity index (χ1n) is 9.78. The van der Waals surface area contributed by atoms with E-state index in [0.717, 1.165) is 32.4 Å². The Morgan fingerprint density at radius 3 is 2.32 bits per heavy atom. The van der Waals surface area contributed by atoms with Crippen LogP contribution in [0, 0.1) is 11.7 Å². The van der Waals surface area contributed by atoms with E-state index in [2.05, 4.69) is 34.9 Å². The number of piperidine rings is 1. The molecule has 0 aliphatic carbocycles. The lowest BCUT2D eigenvalue weighted by molar-refractivity contribution is -0.898. The molecular weight excluding hydrogens is 357 g/mol. The van der Waals surface area contributed by atoms with Crippen LogP contribution in [0.15, 0.2) is 54.6 Å². The highest BCUT2D eigenvalue weighted by Crippen LogP contribution is 2.16. The number of hydrogen-bond acceptors (Lipinski definition) is 2. The maximum Gasteiger partial charge on any atom is 0.275 e. The number of nitrogens with one attached hydrogen (secondary N) is 3. The number of halogens is 1. The van der Waals surface area contributed by atoms with Crippen LogP contribution in [0.25, 0.3) is 0 Å². The lowest BCUT2D eigenvalue weighted by Crippen LogP contribution is -3.14. The number of carbonyl (C=O) groups is 2. The van der Waals surface area contributed by atoms with Crippen LogP contribution in [0.3, 0.4) is 0 Å². The Balaban J connectivity index is 1.33. The van der Waals surface area contributed by atoms with Crippen molar-refractivity contribution in [3.8, 4) is 0 Å². The molecule has 0 spiro atoms. The minimum atomic E-state index is -0.359. The van der Waals surface area contributed by atoms with E-state index in [0.29, 0.717) is 18.2 Å². The van der Waals surface area contributed by atoms with Gasteiger partial charge in [0.1, 0.15) is 5.82 Å². The Hall–Kier alpha value is -2.73. The standard InChI is InChI=1S/C22H26FN3O2/c23-19-6-8-20(9-7-19)25-21(27)15-24-22(28)16-26-12-10-18(11-13-26)14-17-4-2-1-3-5-17/h1-9,18H,10-16H2,(H,24,28)(H,25,27)/p+1. The zero-order valence-corrected chi connectivity index (χ0v) is 15.9. The highest BCUT2D eigenvalue weighted by atomic mass is 19.1. The predicted octanol–water partition coefficient (Wildman–Crippen LogP) is 1.42. The van der Waals surface area contributed by atoms with E-state index in [4.69, 9.17) is 0 Å². The lowest BCUT2D eigenvalue weighted by atomic mass is 9.90. The van der Waals surface area contributed by atoms with Gasteiger partial charge in [0.25, 0.3) is 5.91 Å². The smallest absolute Gasteiger partial charge is 0.275 e. The molecule has 2 aromatic carbocycles. The number of anilines is 1. The number of hydrogen-bond donors (Lipinski definition) is 3. The van der Waals surface area contributed by atoms with Crippen molar-refractivity contribution < 1.29 is 18.9 Å². The average molecular weight is 384 g/mol. The molecule has 0 aromatic heterocycles. The van der Waals surface area contributed by atoms with Gasteiger partial charge in [-0.05, 0) is 55.0 Å². The summed E-state index contributed by atoms with van der Waals surface area (Å²) >= 11 is 0. The van der Waals surface area contributed by atoms with E-state index in [9.17, 15) is 14.0 Å². The molecule has 1 fully saturated rings. The third kappa shape index (κ3) is 6.46. The van der Waals surface area contributed by atoms with Gasteiger partial charge in [0, 0.05) is 5.69 Å². The first kappa shape index (κ1) is 20.0. The maximum absolute atomic E-state index is 12.9. The number of carbonyl (C=O) groups excluding carboxylic acids is 2. The number of benzene rings is 2. The van der Waals surface area contributed by atoms with Crippen LogP contribution in [0.5, 0.6) is 0 Å². The predicted molar refractivity (Wildman–Crippen MR) is 106 cm³/mol. The summed E-state index contributed by atoms with van der Waals surface area (Å²) in [4.78, 5) is 25.3. The van der Waals surface area contributed by atoms with Crippen molar-refractivity contribution in [3.63, 3.8) is 0 Å². The van der Waals surface area contributed by atoms with Gasteiger partial charge < -0.3 is 15.5 Å². The fourth-order valence-corrected chi connectivity index (χ4v) is 3.62. The molecule has 0 radical (unpaired) electrons. The van der Waals surface area contributed by atoms with Crippen molar-refractivity contribution in [2.45, 2.75) is 19.3 Å². The molecule has 0 saturated carbocycles. The van der Waals surface area contributed by atoms with Crippen LogP contribution in [0.1, 0.15) is 18.4 Å². The lowest BCUT2D eigenvalue weighted by Gasteiger charge is -2.28. The van der Waals surface area contributed by atoms with Crippen molar-refractivity contribution in [2.24, 2.45) is 5.92 Å². The molecule has 5 nitrogen and oxygen atoms in total. The topological polar surface area (TPSA) is 62.6 Å². The highest BCUT2D eigenvalue weighted by Gasteiger charge is 2.24. The van der Waals surface area contributed by atoms with Crippen LogP contribution < -0.4 is 15.5 Å². The molecule has 1 aliphatic rings. The van der Waals surface area contributed by atoms with Gasteiger partial charge in [-0.2, -0.15) is 0 Å². The van der Waals surface area contributed by atoms with Crippen molar-refractivity contribution in [2.75, 3.05) is 31.5 Å². The number of rotatable bonds is 7. The van der Waals surface area contributed by atoms with Gasteiger partial charge in [-0.3, -0.25) is 9.59 Å². The summed E-state index contributed by atoms with van der Waals surface area (Å²) in [5, 5.41) is 5.30. The van der Waals surface area contributed by atoms with Gasteiger partial charge >= 0.3 is 0 Å². The first-order valence-corrected chi connectivity index (χ1v) is 9.78. The molecule has 3 rings (SSSR count). The molecule has 2 amide bonds. The van der Waals surface area contributed by atoms with E-state index < -0.39 is 0 Å². The number of quaternary nitrogens is 1. The summed E-state index contributed by atoms with van der Waals surface area (Å²) in [5.41, 5.74) is 1.88. The third-order valence-corrected chi connectivity index (χ3v) is 5.16. The second kappa shape index (κ2) is 9.99. The van der Waals surface area contributed by atoms with Crippen LogP contribution in [0.4, 0.5) is 10.1 Å². The molecule has 148 valence electrons. The Bertz CT molecular complexity index is 772. The molecular formula is C22H27FN3O2+. The minimum Gasteiger partial charge on any atom is -0.342 e. The summed E-state index contributed by atoms with van der Waals surface area (Å²) in [6, 6.07) is 16.1. The van der Waals surface area contributed by atoms with Gasteiger partial charge in [0.05, 0.1) is 19.6 Å². The minimum absolute atomic E-state index is 0.0832. The quantitative estimate of drug-likeness (QED) is 0.676. The van der Waals surface area contributed by atoms with Crippen LogP contribution in [-0.2, 0) is 16.0 Å². The summed E-state index contributed by atoms with van der Waals surface area (Å²) in [6.07, 6.45) is 3.33. The maximum atomic E-state index is 12.9. The zero-order chi connectivity index (χ0) is 19.8. The molecule has 3 N–H and O–H groups in total. The van der Waals surface area contributed by atoms with Crippen molar-refractivity contribution in [3.05, 3.63) is 66.0 Å². The normalized spacial score (nSPS) is 19.0. The molecule has 2 aromatic rings. The van der Waals surface area contributed by atoms with E-state index >= 15 is 0 Å². The summed E-state index contributed by atoms with van der Waals surface area (Å²) in [7, 11) is 0. The molecule has 6 heteroatoms. The number of likely N-dealkylation sites (tertiary alicyclic amines) is 1. The first-order chi connectivity index (χ1) is 13.6. The Morgan fingerprint density at radius 1 is 0.964 bits per heavy atom. The summed E-state index contributed by atoms with van der Waals surface area (Å²) in [5.74, 6) is -0.125. The monoisotopic (exact) mass is 384 g/mol. The fraction of sp³-hybridized carbons (Fsp3) is 0.364. The molecule has 28 heavy (non-hydrogen) atoms. The second-order valence-electron chi connectivity index (χ2n) is 7.39. The Kier molecular flexibility index (Phi) is 7.14. The molecule has 0 unspecified atom stereocenters. The SMILES string of the molecule is O=C(C[NH+]1CCC(Cc2ccccc2)CC1)NCC(=O)Nc1ccc(F)cc1. The van der Waals surface area contributed by atoms with E-state index in [1.165, 1.54) is 34.7 Å². The summed E-state index contributed by atoms with van der Waals surface area (Å²) in [6.45, 7) is 2.27.